The van der Waals surface area contributed by atoms with Gasteiger partial charge >= 0.3 is 0 Å². The summed E-state index contributed by atoms with van der Waals surface area (Å²) in [4.78, 5) is 0. The van der Waals surface area contributed by atoms with Gasteiger partial charge in [0.2, 0.25) is 0 Å². The number of aryl methyl sites for hydroxylation is 1. The Labute approximate surface area is 92.6 Å². The summed E-state index contributed by atoms with van der Waals surface area (Å²) >= 11 is 1.54. The molecule has 1 aromatic rings. The van der Waals surface area contributed by atoms with Crippen molar-refractivity contribution < 1.29 is 5.21 Å². The van der Waals surface area contributed by atoms with Gasteiger partial charge in [0.25, 0.3) is 0 Å². The zero-order valence-corrected chi connectivity index (χ0v) is 9.82. The molecule has 1 heterocycles. The molecule has 6 nitrogen and oxygen atoms in total. The van der Waals surface area contributed by atoms with Gasteiger partial charge in [0.15, 0.2) is 5.16 Å². The van der Waals surface area contributed by atoms with Crippen molar-refractivity contribution >= 4 is 17.6 Å². The van der Waals surface area contributed by atoms with Gasteiger partial charge in [-0.2, -0.15) is 0 Å². The SMILES string of the molecule is Cc1nnc(SCC(C)C(N)=NO)n1C. The van der Waals surface area contributed by atoms with E-state index in [4.69, 9.17) is 10.9 Å². The van der Waals surface area contributed by atoms with Gasteiger partial charge in [0.05, 0.1) is 0 Å². The third kappa shape index (κ3) is 2.85. The lowest BCUT2D eigenvalue weighted by Gasteiger charge is -2.08. The van der Waals surface area contributed by atoms with Crippen molar-refractivity contribution in [3.63, 3.8) is 0 Å². The zero-order chi connectivity index (χ0) is 11.4. The summed E-state index contributed by atoms with van der Waals surface area (Å²) < 4.78 is 1.91. The highest BCUT2D eigenvalue weighted by atomic mass is 32.2. The van der Waals surface area contributed by atoms with Crippen LogP contribution in [0.3, 0.4) is 0 Å². The van der Waals surface area contributed by atoms with Crippen LogP contribution in [0.5, 0.6) is 0 Å². The topological polar surface area (TPSA) is 89.3 Å². The number of hydrogen-bond acceptors (Lipinski definition) is 5. The van der Waals surface area contributed by atoms with Crippen molar-refractivity contribution in [2.75, 3.05) is 5.75 Å². The maximum absolute atomic E-state index is 8.48. The summed E-state index contributed by atoms with van der Waals surface area (Å²) in [6.07, 6.45) is 0. The lowest BCUT2D eigenvalue weighted by Crippen LogP contribution is -2.23. The number of hydrogen-bond donors (Lipinski definition) is 2. The van der Waals surface area contributed by atoms with E-state index < -0.39 is 0 Å². The Hall–Kier alpha value is -1.24. The first kappa shape index (κ1) is 11.8. The Morgan fingerprint density at radius 1 is 1.67 bits per heavy atom. The van der Waals surface area contributed by atoms with E-state index in [2.05, 4.69) is 15.4 Å². The molecule has 0 aliphatic carbocycles. The second-order valence-corrected chi connectivity index (χ2v) is 4.31. The molecule has 0 fully saturated rings. The smallest absolute Gasteiger partial charge is 0.190 e. The molecule has 0 radical (unpaired) electrons. The second kappa shape index (κ2) is 5.01. The van der Waals surface area contributed by atoms with Gasteiger partial charge in [0, 0.05) is 18.7 Å². The average molecular weight is 229 g/mol. The lowest BCUT2D eigenvalue weighted by molar-refractivity contribution is 0.315. The zero-order valence-electron chi connectivity index (χ0n) is 9.01. The summed E-state index contributed by atoms with van der Waals surface area (Å²) in [7, 11) is 1.91. The molecule has 0 saturated heterocycles. The third-order valence-corrected chi connectivity index (χ3v) is 3.42. The minimum absolute atomic E-state index is 0.0111. The highest BCUT2D eigenvalue weighted by molar-refractivity contribution is 7.99. The molecule has 7 heteroatoms. The van der Waals surface area contributed by atoms with Crippen molar-refractivity contribution in [3.8, 4) is 0 Å². The average Bonchev–Trinajstić information content (AvgIpc) is 2.55. The fraction of sp³-hybridized carbons (Fsp3) is 0.625. The van der Waals surface area contributed by atoms with E-state index in [-0.39, 0.29) is 11.8 Å². The minimum atomic E-state index is 0.0111. The van der Waals surface area contributed by atoms with E-state index >= 15 is 0 Å². The predicted octanol–water partition coefficient (Wildman–Crippen LogP) is 0.598. The van der Waals surface area contributed by atoms with Gasteiger partial charge in [-0.1, -0.05) is 23.8 Å². The van der Waals surface area contributed by atoms with Crippen LogP contribution in [0, 0.1) is 12.8 Å². The van der Waals surface area contributed by atoms with Crippen molar-refractivity contribution in [1.82, 2.24) is 14.8 Å². The van der Waals surface area contributed by atoms with E-state index in [1.54, 1.807) is 0 Å². The Bertz CT molecular complexity index is 362. The number of nitrogens with two attached hydrogens (primary N) is 1. The summed E-state index contributed by atoms with van der Waals surface area (Å²) in [5.41, 5.74) is 5.47. The van der Waals surface area contributed by atoms with E-state index in [1.165, 1.54) is 11.8 Å². The molecule has 1 rings (SSSR count). The number of rotatable bonds is 4. The first-order valence-corrected chi connectivity index (χ1v) is 5.51. The summed E-state index contributed by atoms with van der Waals surface area (Å²) in [6, 6.07) is 0. The monoisotopic (exact) mass is 229 g/mol. The van der Waals surface area contributed by atoms with Gasteiger partial charge in [0.1, 0.15) is 11.7 Å². The highest BCUT2D eigenvalue weighted by Gasteiger charge is 2.11. The van der Waals surface area contributed by atoms with Crippen LogP contribution in [-0.4, -0.2) is 31.6 Å². The Kier molecular flexibility index (Phi) is 3.96. The van der Waals surface area contributed by atoms with Gasteiger partial charge in [-0.3, -0.25) is 0 Å². The lowest BCUT2D eigenvalue weighted by atomic mass is 10.2. The first-order valence-electron chi connectivity index (χ1n) is 4.52. The molecule has 84 valence electrons. The minimum Gasteiger partial charge on any atom is -0.409 e. The van der Waals surface area contributed by atoms with Gasteiger partial charge in [-0.05, 0) is 6.92 Å². The fourth-order valence-corrected chi connectivity index (χ4v) is 1.89. The molecule has 0 aliphatic rings. The van der Waals surface area contributed by atoms with Crippen molar-refractivity contribution in [2.45, 2.75) is 19.0 Å². The quantitative estimate of drug-likeness (QED) is 0.259. The highest BCUT2D eigenvalue weighted by Crippen LogP contribution is 2.18. The van der Waals surface area contributed by atoms with Gasteiger partial charge in [-0.15, -0.1) is 10.2 Å². The molecular weight excluding hydrogens is 214 g/mol. The molecule has 0 saturated carbocycles. The second-order valence-electron chi connectivity index (χ2n) is 3.33. The van der Waals surface area contributed by atoms with Gasteiger partial charge < -0.3 is 15.5 Å². The number of aromatic nitrogens is 3. The van der Waals surface area contributed by atoms with E-state index in [1.807, 2.05) is 25.5 Å². The normalized spacial score (nSPS) is 14.2. The van der Waals surface area contributed by atoms with E-state index in [0.717, 1.165) is 11.0 Å². The molecule has 0 aromatic carbocycles. The number of nitrogens with zero attached hydrogens (tertiary/aromatic N) is 4. The maximum atomic E-state index is 8.48. The van der Waals surface area contributed by atoms with Crippen LogP contribution in [-0.2, 0) is 7.05 Å². The van der Waals surface area contributed by atoms with Crippen molar-refractivity contribution in [2.24, 2.45) is 23.9 Å². The van der Waals surface area contributed by atoms with Crippen LogP contribution in [0.4, 0.5) is 0 Å². The molecular formula is C8H15N5OS. The Morgan fingerprint density at radius 3 is 2.80 bits per heavy atom. The fourth-order valence-electron chi connectivity index (χ4n) is 0.897. The summed E-state index contributed by atoms with van der Waals surface area (Å²) in [5, 5.41) is 20.2. The van der Waals surface area contributed by atoms with Crippen LogP contribution in [0.1, 0.15) is 12.7 Å². The van der Waals surface area contributed by atoms with Crippen molar-refractivity contribution in [1.29, 1.82) is 0 Å². The molecule has 0 bridgehead atoms. The number of thioether (sulfide) groups is 1. The summed E-state index contributed by atoms with van der Waals surface area (Å²) in [5.74, 6) is 1.83. The molecule has 0 aliphatic heterocycles. The standard InChI is InChI=1S/C8H15N5OS/c1-5(7(9)12-14)4-15-8-11-10-6(2)13(8)3/h5,14H,4H2,1-3H3,(H2,9,12). The van der Waals surface area contributed by atoms with Crippen LogP contribution < -0.4 is 5.73 Å². The number of amidine groups is 1. The molecule has 0 amide bonds. The Balaban J connectivity index is 2.54. The molecule has 0 spiro atoms. The Morgan fingerprint density at radius 2 is 2.33 bits per heavy atom. The first-order chi connectivity index (χ1) is 7.06. The van der Waals surface area contributed by atoms with Crippen LogP contribution >= 0.6 is 11.8 Å². The molecule has 1 aromatic heterocycles. The molecule has 15 heavy (non-hydrogen) atoms. The maximum Gasteiger partial charge on any atom is 0.190 e. The van der Waals surface area contributed by atoms with Gasteiger partial charge in [-0.25, -0.2) is 0 Å². The van der Waals surface area contributed by atoms with Crippen molar-refractivity contribution in [3.05, 3.63) is 5.82 Å². The molecule has 3 N–H and O–H groups in total. The molecule has 1 atom stereocenters. The van der Waals surface area contributed by atoms with Crippen LogP contribution in [0.2, 0.25) is 0 Å². The van der Waals surface area contributed by atoms with Crippen LogP contribution in [0.25, 0.3) is 0 Å². The molecule has 1 unspecified atom stereocenters. The largest absolute Gasteiger partial charge is 0.409 e. The predicted molar refractivity (Wildman–Crippen MR) is 59.0 cm³/mol. The van der Waals surface area contributed by atoms with E-state index in [9.17, 15) is 0 Å². The van der Waals surface area contributed by atoms with E-state index in [0.29, 0.717) is 5.75 Å². The van der Waals surface area contributed by atoms with Crippen LogP contribution in [0.15, 0.2) is 10.3 Å². The summed E-state index contributed by atoms with van der Waals surface area (Å²) in [6.45, 7) is 3.79. The third-order valence-electron chi connectivity index (χ3n) is 2.14. The number of oxime groups is 1.